The highest BCUT2D eigenvalue weighted by Crippen LogP contribution is 2.56. The Hall–Kier alpha value is -0.720. The van der Waals surface area contributed by atoms with E-state index in [4.69, 9.17) is 4.74 Å². The lowest BCUT2D eigenvalue weighted by atomic mass is 10.00. The third kappa shape index (κ3) is 2.69. The van der Waals surface area contributed by atoms with Gasteiger partial charge in [0.2, 0.25) is 0 Å². The Balaban J connectivity index is 2.41. The Morgan fingerprint density at radius 2 is 2.14 bits per heavy atom. The van der Waals surface area contributed by atoms with Gasteiger partial charge in [-0.05, 0) is 45.6 Å². The van der Waals surface area contributed by atoms with Gasteiger partial charge in [0.25, 0.3) is 0 Å². The number of carbonyl (C=O) groups is 1. The molecule has 1 saturated heterocycles. The molecule has 0 bridgehead atoms. The molecular formula is C15H23NO3S2. The molecule has 0 spiro atoms. The fourth-order valence-electron chi connectivity index (χ4n) is 2.65. The SMILES string of the molecule is CCOC(=O)[C@H]1N(S(=O)C(C)(C)C)[C@@]1(CC)c1cccs1. The normalized spacial score (nSPS) is 30.0. The molecule has 0 aromatic carbocycles. The minimum absolute atomic E-state index is 0.273. The van der Waals surface area contributed by atoms with E-state index in [0.717, 1.165) is 11.3 Å². The summed E-state index contributed by atoms with van der Waals surface area (Å²) in [4.78, 5) is 13.4. The largest absolute Gasteiger partial charge is 0.465 e. The van der Waals surface area contributed by atoms with E-state index in [0.29, 0.717) is 6.61 Å². The van der Waals surface area contributed by atoms with Crippen molar-refractivity contribution in [3.8, 4) is 0 Å². The smallest absolute Gasteiger partial charge is 0.326 e. The molecule has 4 nitrogen and oxygen atoms in total. The summed E-state index contributed by atoms with van der Waals surface area (Å²) in [7, 11) is -1.25. The highest BCUT2D eigenvalue weighted by Gasteiger charge is 2.71. The average molecular weight is 329 g/mol. The Morgan fingerprint density at radius 1 is 1.48 bits per heavy atom. The van der Waals surface area contributed by atoms with Gasteiger partial charge in [0.1, 0.15) is 17.0 Å². The van der Waals surface area contributed by atoms with Gasteiger partial charge in [-0.2, -0.15) is 4.31 Å². The maximum Gasteiger partial charge on any atom is 0.326 e. The average Bonchev–Trinajstić information content (AvgIpc) is 2.78. The molecule has 2 unspecified atom stereocenters. The van der Waals surface area contributed by atoms with Crippen LogP contribution in [0.15, 0.2) is 17.5 Å². The van der Waals surface area contributed by atoms with Crippen LogP contribution in [0.2, 0.25) is 0 Å². The first-order valence-electron chi connectivity index (χ1n) is 7.22. The second-order valence-electron chi connectivity index (χ2n) is 6.10. The molecule has 0 amide bonds. The van der Waals surface area contributed by atoms with E-state index in [2.05, 4.69) is 0 Å². The number of carbonyl (C=O) groups excluding carboxylic acids is 1. The van der Waals surface area contributed by atoms with Crippen LogP contribution in [-0.4, -0.2) is 31.9 Å². The minimum atomic E-state index is -1.25. The van der Waals surface area contributed by atoms with Crippen LogP contribution >= 0.6 is 11.3 Å². The standard InChI is InChI=1S/C15H23NO3S2/c1-6-15(11-9-8-10-20-11)12(13(17)19-7-2)16(15)21(18)14(3,4)5/h8-10,12H,6-7H2,1-5H3/t12-,15+,16?,21?/m1/s1. The molecule has 0 radical (unpaired) electrons. The van der Waals surface area contributed by atoms with E-state index in [1.807, 2.05) is 49.5 Å². The van der Waals surface area contributed by atoms with Gasteiger partial charge in [0.05, 0.1) is 16.9 Å². The second kappa shape index (κ2) is 5.82. The number of hydrogen-bond acceptors (Lipinski definition) is 4. The molecule has 1 fully saturated rings. The van der Waals surface area contributed by atoms with Gasteiger partial charge >= 0.3 is 5.97 Å². The molecule has 1 aliphatic heterocycles. The first kappa shape index (κ1) is 16.6. The first-order valence-corrected chi connectivity index (χ1v) is 9.21. The van der Waals surface area contributed by atoms with Crippen molar-refractivity contribution < 1.29 is 13.7 Å². The summed E-state index contributed by atoms with van der Waals surface area (Å²) in [6.07, 6.45) is 0.735. The molecule has 21 heavy (non-hydrogen) atoms. The molecule has 2 rings (SSSR count). The van der Waals surface area contributed by atoms with Crippen LogP contribution < -0.4 is 0 Å². The van der Waals surface area contributed by atoms with E-state index in [9.17, 15) is 9.00 Å². The van der Waals surface area contributed by atoms with Crippen molar-refractivity contribution in [2.75, 3.05) is 6.61 Å². The van der Waals surface area contributed by atoms with Gasteiger partial charge in [-0.15, -0.1) is 11.3 Å². The number of thiophene rings is 1. The highest BCUT2D eigenvalue weighted by molar-refractivity contribution is 7.84. The monoisotopic (exact) mass is 329 g/mol. The van der Waals surface area contributed by atoms with E-state index in [1.54, 1.807) is 18.3 Å². The molecular weight excluding hydrogens is 306 g/mol. The van der Waals surface area contributed by atoms with E-state index >= 15 is 0 Å². The molecule has 1 aromatic heterocycles. The summed E-state index contributed by atoms with van der Waals surface area (Å²) in [6.45, 7) is 9.96. The fraction of sp³-hybridized carbons (Fsp3) is 0.667. The van der Waals surface area contributed by atoms with Crippen LogP contribution in [0.3, 0.4) is 0 Å². The van der Waals surface area contributed by atoms with E-state index in [-0.39, 0.29) is 5.97 Å². The zero-order chi connectivity index (χ0) is 15.8. The maximum atomic E-state index is 12.8. The molecule has 1 aliphatic rings. The topological polar surface area (TPSA) is 46.4 Å². The van der Waals surface area contributed by atoms with Crippen LogP contribution in [0.5, 0.6) is 0 Å². The van der Waals surface area contributed by atoms with Crippen LogP contribution in [0.4, 0.5) is 0 Å². The van der Waals surface area contributed by atoms with Gasteiger partial charge in [0, 0.05) is 4.88 Å². The van der Waals surface area contributed by atoms with Crippen molar-refractivity contribution in [3.05, 3.63) is 22.4 Å². The second-order valence-corrected chi connectivity index (χ2v) is 9.16. The molecule has 2 heterocycles. The summed E-state index contributed by atoms with van der Waals surface area (Å²) >= 11 is 1.60. The number of hydrogen-bond donors (Lipinski definition) is 0. The van der Waals surface area contributed by atoms with Crippen molar-refractivity contribution in [1.82, 2.24) is 4.31 Å². The zero-order valence-corrected chi connectivity index (χ0v) is 14.8. The Morgan fingerprint density at radius 3 is 2.57 bits per heavy atom. The summed E-state index contributed by atoms with van der Waals surface area (Å²) in [6, 6.07) is 3.54. The fourth-order valence-corrected chi connectivity index (χ4v) is 5.34. The Labute approximate surface area is 133 Å². The van der Waals surface area contributed by atoms with Gasteiger partial charge in [-0.1, -0.05) is 13.0 Å². The molecule has 4 atom stereocenters. The van der Waals surface area contributed by atoms with Gasteiger partial charge in [-0.3, -0.25) is 4.79 Å². The quantitative estimate of drug-likeness (QED) is 0.616. The van der Waals surface area contributed by atoms with Crippen molar-refractivity contribution in [3.63, 3.8) is 0 Å². The number of rotatable bonds is 5. The van der Waals surface area contributed by atoms with E-state index in [1.165, 1.54) is 0 Å². The predicted octanol–water partition coefficient (Wildman–Crippen LogP) is 3.06. The molecule has 118 valence electrons. The lowest BCUT2D eigenvalue weighted by molar-refractivity contribution is -0.143. The van der Waals surface area contributed by atoms with Crippen molar-refractivity contribution in [2.24, 2.45) is 0 Å². The Bertz CT molecular complexity index is 536. The van der Waals surface area contributed by atoms with Gasteiger partial charge < -0.3 is 4.74 Å². The highest BCUT2D eigenvalue weighted by atomic mass is 32.2. The predicted molar refractivity (Wildman–Crippen MR) is 86.4 cm³/mol. The van der Waals surface area contributed by atoms with Crippen LogP contribution in [0.25, 0.3) is 0 Å². The van der Waals surface area contributed by atoms with Crippen molar-refractivity contribution >= 4 is 28.3 Å². The summed E-state index contributed by atoms with van der Waals surface area (Å²) < 4.78 is 19.5. The van der Waals surface area contributed by atoms with Crippen LogP contribution in [0.1, 0.15) is 45.9 Å². The number of esters is 1. The molecule has 0 N–H and O–H groups in total. The maximum absolute atomic E-state index is 12.8. The summed E-state index contributed by atoms with van der Waals surface area (Å²) in [5.41, 5.74) is -0.474. The molecule has 1 aromatic rings. The Kier molecular flexibility index (Phi) is 4.61. The van der Waals surface area contributed by atoms with Crippen molar-refractivity contribution in [1.29, 1.82) is 0 Å². The van der Waals surface area contributed by atoms with Crippen molar-refractivity contribution in [2.45, 2.75) is 57.4 Å². The zero-order valence-electron chi connectivity index (χ0n) is 13.2. The number of ether oxygens (including phenoxy) is 1. The lowest BCUT2D eigenvalue weighted by Gasteiger charge is -2.21. The minimum Gasteiger partial charge on any atom is -0.465 e. The van der Waals surface area contributed by atoms with Crippen LogP contribution in [0, 0.1) is 0 Å². The van der Waals surface area contributed by atoms with Crippen LogP contribution in [-0.2, 0) is 26.1 Å². The summed E-state index contributed by atoms with van der Waals surface area (Å²) in [5.74, 6) is -0.273. The third-order valence-corrected chi connectivity index (χ3v) is 6.69. The molecule has 0 aliphatic carbocycles. The van der Waals surface area contributed by atoms with Gasteiger partial charge in [-0.25, -0.2) is 4.21 Å². The lowest BCUT2D eigenvalue weighted by Crippen LogP contribution is -2.31. The van der Waals surface area contributed by atoms with Gasteiger partial charge in [0.15, 0.2) is 0 Å². The number of nitrogens with zero attached hydrogens (tertiary/aromatic N) is 1. The third-order valence-electron chi connectivity index (χ3n) is 3.71. The van der Waals surface area contributed by atoms with E-state index < -0.39 is 27.3 Å². The first-order chi connectivity index (χ1) is 9.80. The molecule has 0 saturated carbocycles. The molecule has 6 heteroatoms. The summed E-state index contributed by atoms with van der Waals surface area (Å²) in [5, 5.41) is 1.99.